The Balaban J connectivity index is 3.50. The highest BCUT2D eigenvalue weighted by molar-refractivity contribution is 5.73. The van der Waals surface area contributed by atoms with Crippen molar-refractivity contribution in [1.29, 1.82) is 0 Å². The molecule has 0 aliphatic rings. The van der Waals surface area contributed by atoms with Crippen molar-refractivity contribution in [1.82, 2.24) is 4.90 Å². The van der Waals surface area contributed by atoms with E-state index in [4.69, 9.17) is 14.6 Å². The predicted molar refractivity (Wildman–Crippen MR) is 65.6 cm³/mol. The highest BCUT2D eigenvalue weighted by Gasteiger charge is 2.14. The van der Waals surface area contributed by atoms with Crippen molar-refractivity contribution in [3.63, 3.8) is 0 Å². The third-order valence-electron chi connectivity index (χ3n) is 2.42. The van der Waals surface area contributed by atoms with E-state index in [0.717, 1.165) is 6.42 Å². The van der Waals surface area contributed by atoms with E-state index >= 15 is 0 Å². The van der Waals surface area contributed by atoms with Crippen molar-refractivity contribution in [2.45, 2.75) is 39.8 Å². The summed E-state index contributed by atoms with van der Waals surface area (Å²) in [6.07, 6.45) is 1.28. The van der Waals surface area contributed by atoms with Gasteiger partial charge < -0.3 is 19.5 Å². The molecule has 0 fully saturated rings. The van der Waals surface area contributed by atoms with Crippen molar-refractivity contribution in [2.75, 3.05) is 33.0 Å². The van der Waals surface area contributed by atoms with Crippen LogP contribution in [0.2, 0.25) is 0 Å². The normalized spacial score (nSPS) is 12.5. The average molecular weight is 247 g/mol. The molecule has 5 nitrogen and oxygen atoms in total. The number of hydrogen-bond donors (Lipinski definition) is 1. The van der Waals surface area contributed by atoms with Gasteiger partial charge in [-0.3, -0.25) is 4.79 Å². The number of amides is 1. The molecule has 0 bridgehead atoms. The van der Waals surface area contributed by atoms with Gasteiger partial charge in [0.1, 0.15) is 6.23 Å². The first kappa shape index (κ1) is 16.4. The molecule has 0 aromatic carbocycles. The zero-order valence-electron chi connectivity index (χ0n) is 11.1. The van der Waals surface area contributed by atoms with Crippen molar-refractivity contribution in [3.05, 3.63) is 0 Å². The summed E-state index contributed by atoms with van der Waals surface area (Å²) in [5.41, 5.74) is 0. The molecule has 0 saturated heterocycles. The SMILES string of the molecule is CCN(C(C)=O)C(C)OCCCOCCCO. The molecule has 0 rings (SSSR count). The highest BCUT2D eigenvalue weighted by Crippen LogP contribution is 2.02. The third kappa shape index (κ3) is 8.12. The third-order valence-corrected chi connectivity index (χ3v) is 2.42. The standard InChI is InChI=1S/C12H25NO4/c1-4-13(11(2)15)12(3)17-10-6-9-16-8-5-7-14/h12,14H,4-10H2,1-3H3. The first-order valence-electron chi connectivity index (χ1n) is 6.20. The molecule has 0 aromatic rings. The van der Waals surface area contributed by atoms with Crippen LogP contribution in [0.5, 0.6) is 0 Å². The fraction of sp³-hybridized carbons (Fsp3) is 0.917. The van der Waals surface area contributed by atoms with Gasteiger partial charge in [-0.1, -0.05) is 0 Å². The van der Waals surface area contributed by atoms with Gasteiger partial charge in [0, 0.05) is 33.3 Å². The van der Waals surface area contributed by atoms with Crippen LogP contribution in [-0.2, 0) is 14.3 Å². The monoisotopic (exact) mass is 247 g/mol. The number of ether oxygens (including phenoxy) is 2. The lowest BCUT2D eigenvalue weighted by molar-refractivity contribution is -0.142. The molecular formula is C12H25NO4. The molecule has 0 aliphatic carbocycles. The summed E-state index contributed by atoms with van der Waals surface area (Å²) in [7, 11) is 0. The van der Waals surface area contributed by atoms with Gasteiger partial charge in [0.15, 0.2) is 0 Å². The fourth-order valence-electron chi connectivity index (χ4n) is 1.51. The van der Waals surface area contributed by atoms with Gasteiger partial charge in [-0.05, 0) is 26.7 Å². The van der Waals surface area contributed by atoms with Gasteiger partial charge >= 0.3 is 0 Å². The van der Waals surface area contributed by atoms with Gasteiger partial charge in [0.2, 0.25) is 5.91 Å². The van der Waals surface area contributed by atoms with Crippen LogP contribution in [0.1, 0.15) is 33.6 Å². The van der Waals surface area contributed by atoms with Crippen LogP contribution in [0.25, 0.3) is 0 Å². The number of carbonyl (C=O) groups is 1. The molecule has 17 heavy (non-hydrogen) atoms. The fourth-order valence-corrected chi connectivity index (χ4v) is 1.51. The summed E-state index contributed by atoms with van der Waals surface area (Å²) in [6.45, 7) is 7.95. The van der Waals surface area contributed by atoms with E-state index in [-0.39, 0.29) is 18.7 Å². The number of carbonyl (C=O) groups excluding carboxylic acids is 1. The second kappa shape index (κ2) is 10.5. The first-order valence-corrected chi connectivity index (χ1v) is 6.20. The molecule has 0 radical (unpaired) electrons. The molecule has 0 spiro atoms. The second-order valence-corrected chi connectivity index (χ2v) is 3.82. The Morgan fingerprint density at radius 3 is 2.47 bits per heavy atom. The lowest BCUT2D eigenvalue weighted by Crippen LogP contribution is -2.38. The molecule has 1 N–H and O–H groups in total. The number of rotatable bonds is 10. The predicted octanol–water partition coefficient (Wildman–Crippen LogP) is 1.01. The van der Waals surface area contributed by atoms with Crippen LogP contribution >= 0.6 is 0 Å². The van der Waals surface area contributed by atoms with Crippen molar-refractivity contribution in [3.8, 4) is 0 Å². The number of aliphatic hydroxyl groups excluding tert-OH is 1. The van der Waals surface area contributed by atoms with E-state index in [0.29, 0.717) is 32.8 Å². The van der Waals surface area contributed by atoms with Crippen LogP contribution in [-0.4, -0.2) is 55.1 Å². The molecule has 1 atom stereocenters. The Morgan fingerprint density at radius 2 is 1.94 bits per heavy atom. The number of aliphatic hydroxyl groups is 1. The largest absolute Gasteiger partial charge is 0.396 e. The lowest BCUT2D eigenvalue weighted by atomic mass is 10.4. The molecule has 5 heteroatoms. The molecule has 0 aliphatic heterocycles. The van der Waals surface area contributed by atoms with Crippen LogP contribution in [0.15, 0.2) is 0 Å². The minimum Gasteiger partial charge on any atom is -0.396 e. The summed E-state index contributed by atoms with van der Waals surface area (Å²) >= 11 is 0. The quantitative estimate of drug-likeness (QED) is 0.462. The molecule has 0 saturated carbocycles. The second-order valence-electron chi connectivity index (χ2n) is 3.82. The maximum absolute atomic E-state index is 11.2. The maximum Gasteiger partial charge on any atom is 0.221 e. The van der Waals surface area contributed by atoms with E-state index in [9.17, 15) is 4.79 Å². The molecule has 0 heterocycles. The van der Waals surface area contributed by atoms with Crippen molar-refractivity contribution >= 4 is 5.91 Å². The van der Waals surface area contributed by atoms with Crippen LogP contribution < -0.4 is 0 Å². The Bertz CT molecular complexity index is 199. The summed E-state index contributed by atoms with van der Waals surface area (Å²) in [5.74, 6) is 0.0270. The lowest BCUT2D eigenvalue weighted by Gasteiger charge is -2.26. The Hall–Kier alpha value is -0.650. The number of nitrogens with zero attached hydrogens (tertiary/aromatic N) is 1. The summed E-state index contributed by atoms with van der Waals surface area (Å²) < 4.78 is 10.8. The van der Waals surface area contributed by atoms with Crippen LogP contribution in [0.4, 0.5) is 0 Å². The minimum atomic E-state index is -0.185. The van der Waals surface area contributed by atoms with E-state index in [1.54, 1.807) is 11.8 Å². The zero-order chi connectivity index (χ0) is 13.1. The van der Waals surface area contributed by atoms with Gasteiger partial charge in [-0.25, -0.2) is 0 Å². The molecular weight excluding hydrogens is 222 g/mol. The first-order chi connectivity index (χ1) is 8.13. The topological polar surface area (TPSA) is 59.0 Å². The van der Waals surface area contributed by atoms with Crippen molar-refractivity contribution in [2.24, 2.45) is 0 Å². The van der Waals surface area contributed by atoms with E-state index < -0.39 is 0 Å². The molecule has 0 aromatic heterocycles. The van der Waals surface area contributed by atoms with Gasteiger partial charge in [-0.15, -0.1) is 0 Å². The van der Waals surface area contributed by atoms with Crippen LogP contribution in [0.3, 0.4) is 0 Å². The highest BCUT2D eigenvalue weighted by atomic mass is 16.5. The van der Waals surface area contributed by atoms with Crippen LogP contribution in [0, 0.1) is 0 Å². The van der Waals surface area contributed by atoms with E-state index in [2.05, 4.69) is 0 Å². The minimum absolute atomic E-state index is 0.0270. The Labute approximate surface area is 104 Å². The van der Waals surface area contributed by atoms with E-state index in [1.165, 1.54) is 0 Å². The Kier molecular flexibility index (Phi) is 10.1. The summed E-state index contributed by atoms with van der Waals surface area (Å²) in [5, 5.41) is 8.54. The smallest absolute Gasteiger partial charge is 0.221 e. The molecule has 1 unspecified atom stereocenters. The van der Waals surface area contributed by atoms with Crippen molar-refractivity contribution < 1.29 is 19.4 Å². The zero-order valence-corrected chi connectivity index (χ0v) is 11.1. The summed E-state index contributed by atoms with van der Waals surface area (Å²) in [4.78, 5) is 12.9. The van der Waals surface area contributed by atoms with E-state index in [1.807, 2.05) is 13.8 Å². The van der Waals surface area contributed by atoms with Gasteiger partial charge in [0.05, 0.1) is 6.61 Å². The number of hydrogen-bond acceptors (Lipinski definition) is 4. The Morgan fingerprint density at radius 1 is 1.29 bits per heavy atom. The summed E-state index contributed by atoms with van der Waals surface area (Å²) in [6, 6.07) is 0. The van der Waals surface area contributed by atoms with Gasteiger partial charge in [-0.2, -0.15) is 0 Å². The van der Waals surface area contributed by atoms with Gasteiger partial charge in [0.25, 0.3) is 0 Å². The molecule has 102 valence electrons. The molecule has 1 amide bonds. The average Bonchev–Trinajstić information content (AvgIpc) is 2.28. The maximum atomic E-state index is 11.2.